The van der Waals surface area contributed by atoms with Crippen LogP contribution in [0.2, 0.25) is 0 Å². The Labute approximate surface area is 160 Å². The van der Waals surface area contributed by atoms with Gasteiger partial charge in [-0.1, -0.05) is 46.3 Å². The fraction of sp³-hybridized carbons (Fsp3) is 0.300. The van der Waals surface area contributed by atoms with Crippen molar-refractivity contribution in [3.63, 3.8) is 0 Å². The predicted octanol–water partition coefficient (Wildman–Crippen LogP) is 5.58. The van der Waals surface area contributed by atoms with Crippen LogP contribution < -0.4 is 10.1 Å². The van der Waals surface area contributed by atoms with Crippen molar-refractivity contribution in [2.24, 2.45) is 5.92 Å². The van der Waals surface area contributed by atoms with Crippen LogP contribution in [-0.4, -0.2) is 11.5 Å². The predicted molar refractivity (Wildman–Crippen MR) is 105 cm³/mol. The first-order valence-corrected chi connectivity index (χ1v) is 9.52. The van der Waals surface area contributed by atoms with Gasteiger partial charge in [-0.2, -0.15) is 0 Å². The van der Waals surface area contributed by atoms with Gasteiger partial charge in [0, 0.05) is 10.4 Å². The van der Waals surface area contributed by atoms with Crippen LogP contribution in [0.5, 0.6) is 5.75 Å². The van der Waals surface area contributed by atoms with Crippen molar-refractivity contribution in [2.75, 3.05) is 11.9 Å². The van der Waals surface area contributed by atoms with Gasteiger partial charge in [0.15, 0.2) is 0 Å². The SMILES string of the molecule is CCOc1cc2c(c([N+](=O)[O-])c1)N[C@@H](c1ccccc1Br)[C@@H]1CC=C[C@H]21. The Morgan fingerprint density at radius 1 is 1.31 bits per heavy atom. The van der Waals surface area contributed by atoms with E-state index in [1.54, 1.807) is 0 Å². The molecule has 6 heteroatoms. The lowest BCUT2D eigenvalue weighted by molar-refractivity contribution is -0.384. The van der Waals surface area contributed by atoms with Gasteiger partial charge in [0.1, 0.15) is 11.4 Å². The van der Waals surface area contributed by atoms with E-state index in [9.17, 15) is 10.1 Å². The molecule has 0 unspecified atom stereocenters. The molecule has 0 radical (unpaired) electrons. The van der Waals surface area contributed by atoms with Crippen LogP contribution in [0, 0.1) is 16.0 Å². The van der Waals surface area contributed by atoms with Gasteiger partial charge < -0.3 is 10.1 Å². The number of anilines is 1. The highest BCUT2D eigenvalue weighted by Gasteiger charge is 2.41. The molecule has 5 nitrogen and oxygen atoms in total. The first kappa shape index (κ1) is 17.1. The minimum absolute atomic E-state index is 0.00900. The quantitative estimate of drug-likeness (QED) is 0.402. The monoisotopic (exact) mass is 414 g/mol. The van der Waals surface area contributed by atoms with Gasteiger partial charge in [-0.05, 0) is 42.5 Å². The zero-order chi connectivity index (χ0) is 18.3. The molecule has 1 aliphatic carbocycles. The first-order chi connectivity index (χ1) is 12.6. The molecular formula is C20H19BrN2O3. The molecule has 3 atom stereocenters. The number of halogens is 1. The van der Waals surface area contributed by atoms with Crippen molar-refractivity contribution < 1.29 is 9.66 Å². The maximum Gasteiger partial charge on any atom is 0.296 e. The Hall–Kier alpha value is -2.34. The summed E-state index contributed by atoms with van der Waals surface area (Å²) in [7, 11) is 0. The second-order valence-electron chi connectivity index (χ2n) is 6.59. The maximum absolute atomic E-state index is 11.7. The summed E-state index contributed by atoms with van der Waals surface area (Å²) in [6.07, 6.45) is 5.29. The zero-order valence-corrected chi connectivity index (χ0v) is 15.9. The highest BCUT2D eigenvalue weighted by molar-refractivity contribution is 9.10. The van der Waals surface area contributed by atoms with Crippen molar-refractivity contribution in [2.45, 2.75) is 25.3 Å². The molecule has 2 aromatic rings. The molecule has 0 aromatic heterocycles. The lowest BCUT2D eigenvalue weighted by atomic mass is 9.76. The average Bonchev–Trinajstić information content (AvgIpc) is 3.11. The molecule has 0 saturated heterocycles. The lowest BCUT2D eigenvalue weighted by Crippen LogP contribution is -2.30. The van der Waals surface area contributed by atoms with Crippen LogP contribution in [0.1, 0.15) is 36.4 Å². The fourth-order valence-electron chi connectivity index (χ4n) is 4.08. The van der Waals surface area contributed by atoms with Gasteiger partial charge in [-0.25, -0.2) is 0 Å². The summed E-state index contributed by atoms with van der Waals surface area (Å²) in [6, 6.07) is 11.5. The van der Waals surface area contributed by atoms with Gasteiger partial charge in [0.2, 0.25) is 0 Å². The van der Waals surface area contributed by atoms with E-state index in [2.05, 4.69) is 39.5 Å². The summed E-state index contributed by atoms with van der Waals surface area (Å²) in [4.78, 5) is 11.4. The van der Waals surface area contributed by atoms with E-state index in [0.29, 0.717) is 24.0 Å². The first-order valence-electron chi connectivity index (χ1n) is 8.73. The van der Waals surface area contributed by atoms with Crippen molar-refractivity contribution in [1.82, 2.24) is 0 Å². The molecule has 1 N–H and O–H groups in total. The van der Waals surface area contributed by atoms with Gasteiger partial charge >= 0.3 is 0 Å². The minimum atomic E-state index is -0.329. The molecule has 0 saturated carbocycles. The summed E-state index contributed by atoms with van der Waals surface area (Å²) in [5, 5.41) is 15.2. The van der Waals surface area contributed by atoms with Gasteiger partial charge in [-0.15, -0.1) is 0 Å². The summed E-state index contributed by atoms with van der Waals surface area (Å²) < 4.78 is 6.59. The van der Waals surface area contributed by atoms with Crippen LogP contribution in [-0.2, 0) is 0 Å². The largest absolute Gasteiger partial charge is 0.494 e. The molecule has 0 amide bonds. The van der Waals surface area contributed by atoms with E-state index >= 15 is 0 Å². The molecule has 1 heterocycles. The maximum atomic E-state index is 11.7. The average molecular weight is 415 g/mol. The molecule has 0 spiro atoms. The molecule has 26 heavy (non-hydrogen) atoms. The van der Waals surface area contributed by atoms with E-state index in [1.807, 2.05) is 31.2 Å². The molecule has 1 aliphatic heterocycles. The number of rotatable bonds is 4. The fourth-order valence-corrected chi connectivity index (χ4v) is 4.62. The number of hydrogen-bond acceptors (Lipinski definition) is 4. The Morgan fingerprint density at radius 3 is 2.85 bits per heavy atom. The molecule has 0 fully saturated rings. The van der Waals surface area contributed by atoms with Crippen LogP contribution in [0.25, 0.3) is 0 Å². The third-order valence-electron chi connectivity index (χ3n) is 5.17. The second kappa shape index (κ2) is 6.76. The Balaban J connectivity index is 1.87. The number of nitro benzene ring substituents is 1. The Bertz CT molecular complexity index is 897. The number of hydrogen-bond donors (Lipinski definition) is 1. The minimum Gasteiger partial charge on any atom is -0.494 e. The molecule has 2 aromatic carbocycles. The number of ether oxygens (including phenoxy) is 1. The lowest BCUT2D eigenvalue weighted by Gasteiger charge is -2.37. The number of benzene rings is 2. The van der Waals surface area contributed by atoms with Crippen LogP contribution in [0.15, 0.2) is 53.0 Å². The molecule has 0 bridgehead atoms. The standard InChI is InChI=1S/C20H19BrN2O3/c1-2-26-12-10-16-13-7-5-8-14(13)19(15-6-3-4-9-17(15)21)22-20(16)18(11-12)23(24)25/h3-7,9-11,13-14,19,22H,2,8H2,1H3/t13-,14+,19+/m0/s1. The third-order valence-corrected chi connectivity index (χ3v) is 5.89. The normalized spacial score (nSPS) is 23.1. The van der Waals surface area contributed by atoms with Crippen molar-refractivity contribution >= 4 is 27.3 Å². The van der Waals surface area contributed by atoms with Gasteiger partial charge in [0.05, 0.1) is 23.6 Å². The highest BCUT2D eigenvalue weighted by atomic mass is 79.9. The Morgan fingerprint density at radius 2 is 2.12 bits per heavy atom. The van der Waals surface area contributed by atoms with Crippen LogP contribution in [0.3, 0.4) is 0 Å². The number of nitrogens with zero attached hydrogens (tertiary/aromatic N) is 1. The van der Waals surface area contributed by atoms with Crippen molar-refractivity contribution in [3.05, 3.63) is 74.3 Å². The van der Waals surface area contributed by atoms with Crippen LogP contribution in [0.4, 0.5) is 11.4 Å². The second-order valence-corrected chi connectivity index (χ2v) is 7.45. The summed E-state index contributed by atoms with van der Waals surface area (Å²) in [5.41, 5.74) is 2.75. The number of nitrogens with one attached hydrogen (secondary N) is 1. The molecular weight excluding hydrogens is 396 g/mol. The van der Waals surface area contributed by atoms with E-state index in [0.717, 1.165) is 22.0 Å². The van der Waals surface area contributed by atoms with E-state index in [-0.39, 0.29) is 22.6 Å². The van der Waals surface area contributed by atoms with E-state index < -0.39 is 0 Å². The van der Waals surface area contributed by atoms with Crippen molar-refractivity contribution in [1.29, 1.82) is 0 Å². The number of allylic oxidation sites excluding steroid dienone is 2. The molecule has 2 aliphatic rings. The highest BCUT2D eigenvalue weighted by Crippen LogP contribution is 2.53. The third kappa shape index (κ3) is 2.78. The zero-order valence-electron chi connectivity index (χ0n) is 14.3. The Kier molecular flexibility index (Phi) is 4.44. The summed E-state index contributed by atoms with van der Waals surface area (Å²) >= 11 is 3.63. The molecule has 4 rings (SSSR count). The molecule has 134 valence electrons. The summed E-state index contributed by atoms with van der Waals surface area (Å²) in [5.74, 6) is 1.01. The van der Waals surface area contributed by atoms with Crippen molar-refractivity contribution in [3.8, 4) is 5.75 Å². The van der Waals surface area contributed by atoms with E-state index in [1.165, 1.54) is 6.07 Å². The number of nitro groups is 1. The van der Waals surface area contributed by atoms with Gasteiger partial charge in [-0.3, -0.25) is 10.1 Å². The number of fused-ring (bicyclic) bond motifs is 3. The van der Waals surface area contributed by atoms with Crippen LogP contribution >= 0.6 is 15.9 Å². The topological polar surface area (TPSA) is 64.4 Å². The van der Waals surface area contributed by atoms with Gasteiger partial charge in [0.25, 0.3) is 5.69 Å². The smallest absolute Gasteiger partial charge is 0.296 e. The summed E-state index contributed by atoms with van der Waals surface area (Å²) in [6.45, 7) is 2.36. The van der Waals surface area contributed by atoms with E-state index in [4.69, 9.17) is 4.74 Å².